The third-order valence-electron chi connectivity index (χ3n) is 4.55. The van der Waals surface area contributed by atoms with Crippen LogP contribution in [-0.2, 0) is 4.79 Å². The maximum Gasteiger partial charge on any atom is 0.321 e. The quantitative estimate of drug-likeness (QED) is 0.859. The van der Waals surface area contributed by atoms with E-state index in [0.717, 1.165) is 22.0 Å². The molecule has 0 saturated carbocycles. The normalized spacial score (nSPS) is 15.5. The second-order valence-electron chi connectivity index (χ2n) is 6.13. The Bertz CT molecular complexity index is 798. The Morgan fingerprint density at radius 2 is 1.83 bits per heavy atom. The van der Waals surface area contributed by atoms with E-state index < -0.39 is 5.97 Å². The van der Waals surface area contributed by atoms with Crippen LogP contribution in [-0.4, -0.2) is 35.1 Å². The van der Waals surface area contributed by atoms with Gasteiger partial charge in [-0.05, 0) is 31.4 Å². The summed E-state index contributed by atoms with van der Waals surface area (Å²) < 4.78 is 0. The van der Waals surface area contributed by atoms with Crippen LogP contribution in [0.15, 0.2) is 30.3 Å². The molecule has 126 valence electrons. The first-order valence-corrected chi connectivity index (χ1v) is 8.31. The van der Waals surface area contributed by atoms with Crippen molar-refractivity contribution in [3.8, 4) is 0 Å². The Morgan fingerprint density at radius 1 is 1.21 bits per heavy atom. The number of carboxylic acids is 1. The lowest BCUT2D eigenvalue weighted by Crippen LogP contribution is -2.42. The number of nitrogens with zero attached hydrogens (tertiary/aromatic N) is 1. The molecule has 0 aromatic heterocycles. The summed E-state index contributed by atoms with van der Waals surface area (Å²) in [7, 11) is 0. The number of piperidine rings is 1. The van der Waals surface area contributed by atoms with E-state index in [9.17, 15) is 9.59 Å². The Balaban J connectivity index is 1.81. The minimum Gasteiger partial charge on any atom is -0.481 e. The smallest absolute Gasteiger partial charge is 0.321 e. The number of rotatable bonds is 2. The van der Waals surface area contributed by atoms with Crippen LogP contribution in [0.3, 0.4) is 0 Å². The molecule has 0 spiro atoms. The van der Waals surface area contributed by atoms with Crippen molar-refractivity contribution in [2.45, 2.75) is 19.8 Å². The van der Waals surface area contributed by atoms with E-state index in [-0.39, 0.29) is 11.9 Å². The molecule has 1 heterocycles. The lowest BCUT2D eigenvalue weighted by atomic mass is 9.97. The van der Waals surface area contributed by atoms with E-state index in [1.54, 1.807) is 4.90 Å². The van der Waals surface area contributed by atoms with E-state index in [1.165, 1.54) is 0 Å². The van der Waals surface area contributed by atoms with Crippen molar-refractivity contribution in [1.29, 1.82) is 0 Å². The molecule has 2 amide bonds. The van der Waals surface area contributed by atoms with Gasteiger partial charge in [-0.15, -0.1) is 0 Å². The second kappa shape index (κ2) is 6.69. The number of fused-ring (bicyclic) bond motifs is 1. The predicted molar refractivity (Wildman–Crippen MR) is 94.6 cm³/mol. The number of urea groups is 1. The lowest BCUT2D eigenvalue weighted by Gasteiger charge is -2.30. The van der Waals surface area contributed by atoms with Crippen molar-refractivity contribution in [2.75, 3.05) is 18.4 Å². The van der Waals surface area contributed by atoms with Gasteiger partial charge in [-0.3, -0.25) is 4.79 Å². The van der Waals surface area contributed by atoms with Crippen LogP contribution in [0.5, 0.6) is 0 Å². The van der Waals surface area contributed by atoms with E-state index in [0.29, 0.717) is 31.0 Å². The van der Waals surface area contributed by atoms with E-state index >= 15 is 0 Å². The van der Waals surface area contributed by atoms with E-state index in [2.05, 4.69) is 5.32 Å². The summed E-state index contributed by atoms with van der Waals surface area (Å²) in [6.07, 6.45) is 0.978. The number of aliphatic carboxylic acids is 1. The molecule has 2 aromatic carbocycles. The zero-order chi connectivity index (χ0) is 17.3. The van der Waals surface area contributed by atoms with Crippen LogP contribution in [0.25, 0.3) is 10.8 Å². The summed E-state index contributed by atoms with van der Waals surface area (Å²) >= 11 is 6.29. The number of benzene rings is 2. The highest BCUT2D eigenvalue weighted by atomic mass is 35.5. The fraction of sp³-hybridized carbons (Fsp3) is 0.333. The van der Waals surface area contributed by atoms with Crippen molar-refractivity contribution in [2.24, 2.45) is 5.92 Å². The molecule has 3 rings (SSSR count). The highest BCUT2D eigenvalue weighted by Gasteiger charge is 2.27. The SMILES string of the molecule is Cc1cc(Cl)c2ccccc2c1NC(=O)N1CCC(C(=O)O)CC1. The number of carbonyl (C=O) groups excluding carboxylic acids is 1. The van der Waals surface area contributed by atoms with Gasteiger partial charge in [-0.25, -0.2) is 4.79 Å². The predicted octanol–water partition coefficient (Wildman–Crippen LogP) is 4.13. The number of carboxylic acid groups (broad SMARTS) is 1. The van der Waals surface area contributed by atoms with Crippen LogP contribution < -0.4 is 5.32 Å². The molecule has 6 heteroatoms. The van der Waals surface area contributed by atoms with Crippen molar-refractivity contribution in [3.05, 3.63) is 40.9 Å². The molecule has 1 saturated heterocycles. The van der Waals surface area contributed by atoms with Crippen LogP contribution >= 0.6 is 11.6 Å². The highest BCUT2D eigenvalue weighted by molar-refractivity contribution is 6.36. The molecule has 1 fully saturated rings. The number of nitrogens with one attached hydrogen (secondary N) is 1. The number of anilines is 1. The van der Waals surface area contributed by atoms with Gasteiger partial charge in [-0.2, -0.15) is 0 Å². The van der Waals surface area contributed by atoms with Gasteiger partial charge in [0.2, 0.25) is 0 Å². The molecule has 0 aliphatic carbocycles. The number of hydrogen-bond donors (Lipinski definition) is 2. The zero-order valence-corrected chi connectivity index (χ0v) is 14.1. The van der Waals surface area contributed by atoms with Crippen LogP contribution in [0, 0.1) is 12.8 Å². The van der Waals surface area contributed by atoms with Gasteiger partial charge in [0, 0.05) is 28.9 Å². The zero-order valence-electron chi connectivity index (χ0n) is 13.4. The van der Waals surface area contributed by atoms with Crippen molar-refractivity contribution in [3.63, 3.8) is 0 Å². The second-order valence-corrected chi connectivity index (χ2v) is 6.53. The monoisotopic (exact) mass is 346 g/mol. The molecular weight excluding hydrogens is 328 g/mol. The number of halogens is 1. The fourth-order valence-electron chi connectivity index (χ4n) is 3.14. The Kier molecular flexibility index (Phi) is 4.62. The number of aryl methyl sites for hydroxylation is 1. The third-order valence-corrected chi connectivity index (χ3v) is 4.87. The Labute approximate surface area is 145 Å². The van der Waals surface area contributed by atoms with Gasteiger partial charge in [0.25, 0.3) is 0 Å². The van der Waals surface area contributed by atoms with Crippen molar-refractivity contribution < 1.29 is 14.7 Å². The minimum atomic E-state index is -0.783. The van der Waals surface area contributed by atoms with Gasteiger partial charge in [0.05, 0.1) is 11.6 Å². The topological polar surface area (TPSA) is 69.6 Å². The van der Waals surface area contributed by atoms with Crippen molar-refractivity contribution >= 4 is 40.1 Å². The van der Waals surface area contributed by atoms with Crippen LogP contribution in [0.4, 0.5) is 10.5 Å². The molecule has 1 aliphatic heterocycles. The molecule has 2 N–H and O–H groups in total. The molecule has 5 nitrogen and oxygen atoms in total. The molecule has 0 radical (unpaired) electrons. The lowest BCUT2D eigenvalue weighted by molar-refractivity contribution is -0.143. The average molecular weight is 347 g/mol. The van der Waals surface area contributed by atoms with Crippen LogP contribution in [0.2, 0.25) is 5.02 Å². The summed E-state index contributed by atoms with van der Waals surface area (Å²) in [6, 6.07) is 9.31. The van der Waals surface area contributed by atoms with Crippen molar-refractivity contribution in [1.82, 2.24) is 4.90 Å². The molecular formula is C18H19ClN2O3. The Morgan fingerprint density at radius 3 is 2.46 bits per heavy atom. The largest absolute Gasteiger partial charge is 0.481 e. The fourth-order valence-corrected chi connectivity index (χ4v) is 3.47. The van der Waals surface area contributed by atoms with Gasteiger partial charge in [0.1, 0.15) is 0 Å². The van der Waals surface area contributed by atoms with E-state index in [4.69, 9.17) is 16.7 Å². The third kappa shape index (κ3) is 3.17. The Hall–Kier alpha value is -2.27. The van der Waals surface area contributed by atoms with Crippen LogP contribution in [0.1, 0.15) is 18.4 Å². The molecule has 0 atom stereocenters. The molecule has 1 aliphatic rings. The number of likely N-dealkylation sites (tertiary alicyclic amines) is 1. The minimum absolute atomic E-state index is 0.200. The molecule has 0 bridgehead atoms. The first kappa shape index (κ1) is 16.6. The highest BCUT2D eigenvalue weighted by Crippen LogP contribution is 2.33. The maximum absolute atomic E-state index is 12.6. The average Bonchev–Trinajstić information content (AvgIpc) is 2.58. The molecule has 2 aromatic rings. The maximum atomic E-state index is 12.6. The summed E-state index contributed by atoms with van der Waals surface area (Å²) in [5.41, 5.74) is 1.65. The van der Waals surface area contributed by atoms with Gasteiger partial charge in [-0.1, -0.05) is 35.9 Å². The number of carbonyl (C=O) groups is 2. The number of hydrogen-bond acceptors (Lipinski definition) is 2. The van der Waals surface area contributed by atoms with E-state index in [1.807, 2.05) is 37.3 Å². The summed E-state index contributed by atoms with van der Waals surface area (Å²) in [5.74, 6) is -1.14. The van der Waals surface area contributed by atoms with Gasteiger partial charge < -0.3 is 15.3 Å². The first-order chi connectivity index (χ1) is 11.5. The van der Waals surface area contributed by atoms with Gasteiger partial charge in [0.15, 0.2) is 0 Å². The molecule has 24 heavy (non-hydrogen) atoms. The first-order valence-electron chi connectivity index (χ1n) is 7.94. The molecule has 0 unspecified atom stereocenters. The summed E-state index contributed by atoms with van der Waals surface area (Å²) in [4.78, 5) is 25.2. The standard InChI is InChI=1S/C18H19ClN2O3/c1-11-10-15(19)13-4-2-3-5-14(13)16(11)20-18(24)21-8-6-12(7-9-21)17(22)23/h2-5,10,12H,6-9H2,1H3,(H,20,24)(H,22,23). The van der Waals surface area contributed by atoms with Gasteiger partial charge >= 0.3 is 12.0 Å². The number of amides is 2. The summed E-state index contributed by atoms with van der Waals surface area (Å²) in [6.45, 7) is 2.81. The summed E-state index contributed by atoms with van der Waals surface area (Å²) in [5, 5.41) is 14.5.